The van der Waals surface area contributed by atoms with Gasteiger partial charge in [0.2, 0.25) is 11.8 Å². The Bertz CT molecular complexity index is 1970. The average Bonchev–Trinajstić information content (AvgIpc) is 3.90. The number of carboxylic acid groups (broad SMARTS) is 1. The monoisotopic (exact) mass is 894 g/mol. The number of anilines is 1. The molecule has 1 fully saturated rings. The lowest BCUT2D eigenvalue weighted by Gasteiger charge is -2.40. The minimum absolute atomic E-state index is 0.104. The molecule has 17 heteroatoms. The SMILES string of the molecule is CC[C@H](C)[C@H](NC(=O)[C@H]1CCCCN1C)C(=O)N(CCCCc1cn(C)nn1)[C@H](C[C@@H](OC(C)=O)c1nc(C(=O)N[C@@H](Cc2ccc(NC)cc2)CC(C)(C)C(=O)O)cs1)C(C)C. The molecule has 348 valence electrons. The minimum atomic E-state index is -1.12. The van der Waals surface area contributed by atoms with Crippen molar-refractivity contribution in [3.8, 4) is 0 Å². The summed E-state index contributed by atoms with van der Waals surface area (Å²) in [5, 5.41) is 29.5. The smallest absolute Gasteiger partial charge is 0.309 e. The van der Waals surface area contributed by atoms with Crippen LogP contribution in [0.4, 0.5) is 5.69 Å². The molecule has 0 radical (unpaired) electrons. The van der Waals surface area contributed by atoms with Crippen molar-refractivity contribution in [3.63, 3.8) is 0 Å². The van der Waals surface area contributed by atoms with E-state index in [2.05, 4.69) is 31.2 Å². The number of rotatable bonds is 24. The number of hydrogen-bond acceptors (Lipinski definition) is 12. The third-order valence-corrected chi connectivity index (χ3v) is 13.2. The number of aromatic nitrogens is 4. The fourth-order valence-corrected chi connectivity index (χ4v) is 9.04. The van der Waals surface area contributed by atoms with E-state index in [0.29, 0.717) is 37.2 Å². The number of hydrogen-bond donors (Lipinski definition) is 4. The Morgan fingerprint density at radius 1 is 1.05 bits per heavy atom. The highest BCUT2D eigenvalue weighted by atomic mass is 32.1. The van der Waals surface area contributed by atoms with E-state index in [4.69, 9.17) is 9.72 Å². The van der Waals surface area contributed by atoms with Gasteiger partial charge in [0, 0.05) is 63.3 Å². The predicted octanol–water partition coefficient (Wildman–Crippen LogP) is 6.04. The summed E-state index contributed by atoms with van der Waals surface area (Å²) in [5.41, 5.74) is 1.71. The molecule has 0 spiro atoms. The van der Waals surface area contributed by atoms with Crippen molar-refractivity contribution in [1.29, 1.82) is 0 Å². The number of carbonyl (C=O) groups is 5. The van der Waals surface area contributed by atoms with E-state index in [0.717, 1.165) is 49.2 Å². The zero-order valence-electron chi connectivity index (χ0n) is 39.0. The highest BCUT2D eigenvalue weighted by molar-refractivity contribution is 7.09. The van der Waals surface area contributed by atoms with Crippen LogP contribution in [0.1, 0.15) is 133 Å². The van der Waals surface area contributed by atoms with E-state index in [1.807, 2.05) is 84.2 Å². The van der Waals surface area contributed by atoms with Crippen molar-refractivity contribution in [2.75, 3.05) is 32.5 Å². The Balaban J connectivity index is 1.63. The molecule has 0 bridgehead atoms. The van der Waals surface area contributed by atoms with Gasteiger partial charge in [-0.15, -0.1) is 16.4 Å². The van der Waals surface area contributed by atoms with E-state index in [1.165, 1.54) is 18.3 Å². The van der Waals surface area contributed by atoms with Crippen LogP contribution in [0.15, 0.2) is 35.8 Å². The number of benzene rings is 1. The van der Waals surface area contributed by atoms with E-state index >= 15 is 4.79 Å². The highest BCUT2D eigenvalue weighted by Crippen LogP contribution is 2.32. The topological polar surface area (TPSA) is 201 Å². The van der Waals surface area contributed by atoms with Crippen molar-refractivity contribution in [1.82, 2.24) is 40.4 Å². The van der Waals surface area contributed by atoms with Gasteiger partial charge in [0.1, 0.15) is 16.7 Å². The first-order valence-corrected chi connectivity index (χ1v) is 23.3. The van der Waals surface area contributed by atoms with Gasteiger partial charge in [-0.3, -0.25) is 33.6 Å². The Morgan fingerprint density at radius 2 is 1.76 bits per heavy atom. The van der Waals surface area contributed by atoms with Gasteiger partial charge in [0.15, 0.2) is 6.10 Å². The van der Waals surface area contributed by atoms with Gasteiger partial charge in [-0.25, -0.2) is 4.98 Å². The number of ether oxygens (including phenoxy) is 1. The van der Waals surface area contributed by atoms with Crippen LogP contribution < -0.4 is 16.0 Å². The van der Waals surface area contributed by atoms with Crippen molar-refractivity contribution in [2.45, 2.75) is 143 Å². The zero-order chi connectivity index (χ0) is 46.4. The van der Waals surface area contributed by atoms with Crippen LogP contribution >= 0.6 is 11.3 Å². The standard InChI is InChI=1S/C46H71N9O7S/c1-11-30(4)40(50-42(58)37-17-13-14-22-53(37)9)44(59)55(23-15-12-16-34-27-54(10)52-51-34)38(29(2)3)25-39(62-31(5)56)43-49-36(28-63-43)41(57)48-35(26-46(6,7)45(60)61)24-32-18-20-33(47-8)21-19-32/h18-21,27-30,35,37-40,47H,11-17,22-26H2,1-10H3,(H,48,57)(H,50,58)(H,60,61)/t30-,35-,37+,38+,39+,40-/m0/s1. The molecule has 63 heavy (non-hydrogen) atoms. The summed E-state index contributed by atoms with van der Waals surface area (Å²) in [6.07, 6.45) is 7.20. The second kappa shape index (κ2) is 23.7. The number of amides is 3. The first kappa shape index (κ1) is 50.7. The first-order chi connectivity index (χ1) is 29.8. The molecule has 4 N–H and O–H groups in total. The number of nitrogens with zero attached hydrogens (tertiary/aromatic N) is 6. The van der Waals surface area contributed by atoms with E-state index in [-0.39, 0.29) is 48.2 Å². The predicted molar refractivity (Wildman–Crippen MR) is 244 cm³/mol. The molecular formula is C46H71N9O7S. The molecule has 1 aliphatic heterocycles. The maximum atomic E-state index is 15.1. The molecule has 6 atom stereocenters. The van der Waals surface area contributed by atoms with Crippen LogP contribution in [0.3, 0.4) is 0 Å². The molecule has 1 saturated heterocycles. The van der Waals surface area contributed by atoms with Gasteiger partial charge in [-0.1, -0.05) is 57.9 Å². The van der Waals surface area contributed by atoms with Crippen LogP contribution in [-0.2, 0) is 43.8 Å². The van der Waals surface area contributed by atoms with Crippen LogP contribution in [0, 0.1) is 17.3 Å². The molecule has 3 amide bonds. The molecule has 3 heterocycles. The lowest BCUT2D eigenvalue weighted by molar-refractivity contribution is -0.150. The molecular weight excluding hydrogens is 823 g/mol. The largest absolute Gasteiger partial charge is 0.481 e. The number of aliphatic carboxylic acids is 1. The Morgan fingerprint density at radius 3 is 2.35 bits per heavy atom. The summed E-state index contributed by atoms with van der Waals surface area (Å²) in [6.45, 7) is 13.8. The number of carboxylic acids is 1. The third kappa shape index (κ3) is 14.8. The van der Waals surface area contributed by atoms with Crippen molar-refractivity contribution >= 4 is 46.7 Å². The van der Waals surface area contributed by atoms with Gasteiger partial charge in [0.25, 0.3) is 5.91 Å². The summed E-state index contributed by atoms with van der Waals surface area (Å²) >= 11 is 1.19. The third-order valence-electron chi connectivity index (χ3n) is 12.2. The molecule has 0 aliphatic carbocycles. The highest BCUT2D eigenvalue weighted by Gasteiger charge is 2.39. The van der Waals surface area contributed by atoms with E-state index in [9.17, 15) is 24.3 Å². The maximum absolute atomic E-state index is 15.1. The molecule has 3 aromatic rings. The first-order valence-electron chi connectivity index (χ1n) is 22.4. The summed E-state index contributed by atoms with van der Waals surface area (Å²) in [6, 6.07) is 5.66. The number of likely N-dealkylation sites (N-methyl/N-ethyl adjacent to an activating group) is 1. The lowest BCUT2D eigenvalue weighted by Crippen LogP contribution is -2.59. The Hall–Kier alpha value is -4.90. The number of likely N-dealkylation sites (tertiary alicyclic amines) is 1. The van der Waals surface area contributed by atoms with Gasteiger partial charge in [0.05, 0.1) is 17.2 Å². The molecule has 1 aliphatic rings. The molecule has 16 nitrogen and oxygen atoms in total. The second-order valence-electron chi connectivity index (χ2n) is 18.2. The summed E-state index contributed by atoms with van der Waals surface area (Å²) in [7, 11) is 5.60. The van der Waals surface area contributed by atoms with Crippen LogP contribution in [0.5, 0.6) is 0 Å². The number of carbonyl (C=O) groups excluding carboxylic acids is 4. The van der Waals surface area contributed by atoms with E-state index in [1.54, 1.807) is 23.9 Å². The molecule has 0 unspecified atom stereocenters. The van der Waals surface area contributed by atoms with E-state index < -0.39 is 47.5 Å². The lowest BCUT2D eigenvalue weighted by atomic mass is 9.84. The van der Waals surface area contributed by atoms with Crippen molar-refractivity contribution in [3.05, 3.63) is 57.8 Å². The average molecular weight is 894 g/mol. The quantitative estimate of drug-likeness (QED) is 0.0601. The normalized spacial score (nSPS) is 17.0. The molecule has 4 rings (SSSR count). The van der Waals surface area contributed by atoms with Crippen LogP contribution in [-0.4, -0.2) is 116 Å². The number of aryl methyl sites for hydroxylation is 2. The number of esters is 1. The molecule has 1 aromatic carbocycles. The summed E-state index contributed by atoms with van der Waals surface area (Å²) in [5.74, 6) is -2.59. The zero-order valence-corrected chi connectivity index (χ0v) is 39.8. The van der Waals surface area contributed by atoms with Gasteiger partial charge < -0.3 is 30.7 Å². The van der Waals surface area contributed by atoms with Gasteiger partial charge >= 0.3 is 11.9 Å². The molecule has 2 aromatic heterocycles. The number of nitrogens with one attached hydrogen (secondary N) is 3. The van der Waals surface area contributed by atoms with Crippen molar-refractivity contribution in [2.24, 2.45) is 24.3 Å². The number of piperidine rings is 1. The summed E-state index contributed by atoms with van der Waals surface area (Å²) in [4.78, 5) is 76.3. The molecule has 0 saturated carbocycles. The maximum Gasteiger partial charge on any atom is 0.309 e. The Labute approximate surface area is 377 Å². The van der Waals surface area contributed by atoms with Gasteiger partial charge in [-0.2, -0.15) is 0 Å². The number of unbranched alkanes of at least 4 members (excludes halogenated alkanes) is 1. The van der Waals surface area contributed by atoms with Crippen molar-refractivity contribution < 1.29 is 33.8 Å². The second-order valence-corrected chi connectivity index (χ2v) is 19.1. The number of thiazole rings is 1. The summed E-state index contributed by atoms with van der Waals surface area (Å²) < 4.78 is 7.62. The van der Waals surface area contributed by atoms with Crippen LogP contribution in [0.2, 0.25) is 0 Å². The van der Waals surface area contributed by atoms with Gasteiger partial charge in [-0.05, 0) is 102 Å². The van der Waals surface area contributed by atoms with Crippen LogP contribution in [0.25, 0.3) is 0 Å². The fourth-order valence-electron chi connectivity index (χ4n) is 8.20. The Kier molecular flexibility index (Phi) is 19.1. The fraction of sp³-hybridized carbons (Fsp3) is 0.652. The minimum Gasteiger partial charge on any atom is -0.481 e.